The van der Waals surface area contributed by atoms with Crippen LogP contribution in [-0.4, -0.2) is 25.4 Å². The summed E-state index contributed by atoms with van der Waals surface area (Å²) in [5.74, 6) is 0. The zero-order chi connectivity index (χ0) is 20.5. The molecule has 2 aromatic carbocycles. The predicted octanol–water partition coefficient (Wildman–Crippen LogP) is 4.36. The molecule has 5 nitrogen and oxygen atoms in total. The van der Waals surface area contributed by atoms with Gasteiger partial charge in [-0.25, -0.2) is 0 Å². The molecule has 0 radical (unpaired) electrons. The second kappa shape index (κ2) is 7.98. The van der Waals surface area contributed by atoms with Crippen LogP contribution in [0.2, 0.25) is 0 Å². The summed E-state index contributed by atoms with van der Waals surface area (Å²) in [4.78, 5) is 0. The van der Waals surface area contributed by atoms with Gasteiger partial charge in [-0.1, -0.05) is 51.0 Å². The molecule has 2 saturated heterocycles. The second-order valence-electron chi connectivity index (χ2n) is 8.27. The van der Waals surface area contributed by atoms with E-state index in [1.165, 1.54) is 0 Å². The molecule has 2 aliphatic rings. The molecule has 156 valence electrons. The Kier molecular flexibility index (Phi) is 5.56. The summed E-state index contributed by atoms with van der Waals surface area (Å²) >= 11 is 0. The third-order valence-electron chi connectivity index (χ3n) is 6.11. The van der Waals surface area contributed by atoms with Crippen molar-refractivity contribution in [3.05, 3.63) is 59.7 Å². The first-order valence-corrected chi connectivity index (χ1v) is 10.7. The van der Waals surface area contributed by atoms with Gasteiger partial charge in [0, 0.05) is 11.4 Å². The lowest BCUT2D eigenvalue weighted by molar-refractivity contribution is -0.196. The van der Waals surface area contributed by atoms with E-state index in [4.69, 9.17) is 25.7 Å². The van der Waals surface area contributed by atoms with Crippen molar-refractivity contribution in [1.29, 1.82) is 0 Å². The molecule has 2 aromatic rings. The van der Waals surface area contributed by atoms with Gasteiger partial charge in [0.15, 0.2) is 0 Å². The number of rotatable bonds is 10. The Morgan fingerprint density at radius 2 is 1.10 bits per heavy atom. The molecule has 5 heteroatoms. The third-order valence-corrected chi connectivity index (χ3v) is 6.11. The highest BCUT2D eigenvalue weighted by Gasteiger charge is 2.58. The van der Waals surface area contributed by atoms with Crippen LogP contribution in [0.4, 0.5) is 11.4 Å². The van der Waals surface area contributed by atoms with Crippen LogP contribution in [-0.2, 0) is 25.4 Å². The van der Waals surface area contributed by atoms with Gasteiger partial charge in [-0.3, -0.25) is 0 Å². The summed E-state index contributed by atoms with van der Waals surface area (Å²) in [6, 6.07) is 16.1. The molecular weight excluding hydrogens is 364 g/mol. The van der Waals surface area contributed by atoms with Crippen LogP contribution in [0.3, 0.4) is 0 Å². The topological polar surface area (TPSA) is 86.3 Å². The normalized spacial score (nSPS) is 24.5. The lowest BCUT2D eigenvalue weighted by Gasteiger charge is -2.44. The molecule has 2 fully saturated rings. The number of hydrogen-bond acceptors (Lipinski definition) is 5. The Labute approximate surface area is 173 Å². The van der Waals surface area contributed by atoms with Crippen molar-refractivity contribution < 1.29 is 14.2 Å². The summed E-state index contributed by atoms with van der Waals surface area (Å²) in [5, 5.41) is 0. The monoisotopic (exact) mass is 396 g/mol. The summed E-state index contributed by atoms with van der Waals surface area (Å²) in [5.41, 5.74) is 14.6. The van der Waals surface area contributed by atoms with E-state index in [-0.39, 0.29) is 12.2 Å². The Balaban J connectivity index is 1.82. The maximum Gasteiger partial charge on any atom is 0.123 e. The average Bonchev–Trinajstić information content (AvgIpc) is 3.61. The van der Waals surface area contributed by atoms with Gasteiger partial charge in [0.25, 0.3) is 0 Å². The minimum absolute atomic E-state index is 0.0369. The third kappa shape index (κ3) is 3.87. The van der Waals surface area contributed by atoms with Gasteiger partial charge in [-0.05, 0) is 48.2 Å². The molecule has 4 atom stereocenters. The number of nitrogen functional groups attached to an aromatic ring is 2. The molecule has 2 heterocycles. The van der Waals surface area contributed by atoms with Crippen molar-refractivity contribution in [2.45, 2.75) is 62.9 Å². The predicted molar refractivity (Wildman–Crippen MR) is 115 cm³/mol. The van der Waals surface area contributed by atoms with E-state index in [0.717, 1.165) is 48.2 Å². The molecule has 2 aliphatic heterocycles. The summed E-state index contributed by atoms with van der Waals surface area (Å²) in [6.45, 7) is 5.80. The van der Waals surface area contributed by atoms with Gasteiger partial charge in [0.1, 0.15) is 23.4 Å². The standard InChI is InChI=1S/C24H32N2O3/c1-3-13-23(21-15-27-21,17-5-9-19(25)10-6-17)29-24(14-4-2,22-16-28-22)18-7-11-20(26)12-8-18/h5-12,21-22H,3-4,13-16,25-26H2,1-2H3. The summed E-state index contributed by atoms with van der Waals surface area (Å²) in [6.07, 6.45) is 3.78. The largest absolute Gasteiger partial charge is 0.399 e. The van der Waals surface area contributed by atoms with Crippen molar-refractivity contribution in [3.8, 4) is 0 Å². The molecule has 0 aliphatic carbocycles. The van der Waals surface area contributed by atoms with E-state index in [1.54, 1.807) is 0 Å². The number of epoxide rings is 2. The van der Waals surface area contributed by atoms with Crippen LogP contribution >= 0.6 is 0 Å². The van der Waals surface area contributed by atoms with Gasteiger partial charge >= 0.3 is 0 Å². The summed E-state index contributed by atoms with van der Waals surface area (Å²) < 4.78 is 19.0. The van der Waals surface area contributed by atoms with E-state index >= 15 is 0 Å². The molecule has 0 aromatic heterocycles. The fourth-order valence-electron chi connectivity index (χ4n) is 4.57. The number of benzene rings is 2. The molecule has 29 heavy (non-hydrogen) atoms. The second-order valence-corrected chi connectivity index (χ2v) is 8.27. The number of ether oxygens (including phenoxy) is 3. The van der Waals surface area contributed by atoms with Crippen molar-refractivity contribution in [2.24, 2.45) is 0 Å². The van der Waals surface area contributed by atoms with Gasteiger partial charge in [0.2, 0.25) is 0 Å². The van der Waals surface area contributed by atoms with E-state index in [0.29, 0.717) is 13.2 Å². The van der Waals surface area contributed by atoms with Crippen LogP contribution in [0.1, 0.15) is 50.7 Å². The van der Waals surface area contributed by atoms with E-state index < -0.39 is 11.2 Å². The van der Waals surface area contributed by atoms with E-state index in [1.807, 2.05) is 24.3 Å². The van der Waals surface area contributed by atoms with Gasteiger partial charge < -0.3 is 25.7 Å². The van der Waals surface area contributed by atoms with Crippen molar-refractivity contribution >= 4 is 11.4 Å². The highest BCUT2D eigenvalue weighted by atomic mass is 16.6. The summed E-state index contributed by atoms with van der Waals surface area (Å²) in [7, 11) is 0. The number of hydrogen-bond donors (Lipinski definition) is 2. The SMILES string of the molecule is CCCC(OC(CCC)(c1ccc(N)cc1)C1CO1)(c1ccc(N)cc1)C1CO1. The molecule has 0 bridgehead atoms. The lowest BCUT2D eigenvalue weighted by atomic mass is 9.80. The van der Waals surface area contributed by atoms with Crippen molar-refractivity contribution in [2.75, 3.05) is 24.7 Å². The average molecular weight is 397 g/mol. The highest BCUT2D eigenvalue weighted by Crippen LogP contribution is 2.52. The molecule has 0 saturated carbocycles. The maximum atomic E-state index is 7.27. The first kappa shape index (κ1) is 20.2. The lowest BCUT2D eigenvalue weighted by Crippen LogP contribution is -2.48. The van der Waals surface area contributed by atoms with Crippen LogP contribution < -0.4 is 11.5 Å². The molecular formula is C24H32N2O3. The zero-order valence-corrected chi connectivity index (χ0v) is 17.4. The first-order valence-electron chi connectivity index (χ1n) is 10.7. The van der Waals surface area contributed by atoms with E-state index in [2.05, 4.69) is 38.1 Å². The van der Waals surface area contributed by atoms with Gasteiger partial charge in [-0.2, -0.15) is 0 Å². The Bertz CT molecular complexity index is 746. The van der Waals surface area contributed by atoms with E-state index in [9.17, 15) is 0 Å². The quantitative estimate of drug-likeness (QED) is 0.460. The fourth-order valence-corrected chi connectivity index (χ4v) is 4.57. The van der Waals surface area contributed by atoms with Crippen LogP contribution in [0.25, 0.3) is 0 Å². The van der Waals surface area contributed by atoms with Crippen LogP contribution in [0, 0.1) is 0 Å². The Morgan fingerprint density at radius 3 is 1.38 bits per heavy atom. The maximum absolute atomic E-state index is 7.27. The molecule has 0 spiro atoms. The minimum atomic E-state index is -0.537. The number of nitrogens with two attached hydrogens (primary N) is 2. The highest BCUT2D eigenvalue weighted by molar-refractivity contribution is 5.43. The first-order chi connectivity index (χ1) is 14.0. The minimum Gasteiger partial charge on any atom is -0.399 e. The molecule has 4 N–H and O–H groups in total. The van der Waals surface area contributed by atoms with Crippen LogP contribution in [0.15, 0.2) is 48.5 Å². The number of anilines is 2. The van der Waals surface area contributed by atoms with Crippen LogP contribution in [0.5, 0.6) is 0 Å². The zero-order valence-electron chi connectivity index (χ0n) is 17.4. The van der Waals surface area contributed by atoms with Crippen molar-refractivity contribution in [3.63, 3.8) is 0 Å². The Morgan fingerprint density at radius 1 is 0.759 bits per heavy atom. The fraction of sp³-hybridized carbons (Fsp3) is 0.500. The Hall–Kier alpha value is -2.08. The molecule has 4 unspecified atom stereocenters. The van der Waals surface area contributed by atoms with Gasteiger partial charge in [-0.15, -0.1) is 0 Å². The molecule has 0 amide bonds. The molecule has 4 rings (SSSR count). The smallest absolute Gasteiger partial charge is 0.123 e. The van der Waals surface area contributed by atoms with Crippen molar-refractivity contribution in [1.82, 2.24) is 0 Å². The van der Waals surface area contributed by atoms with Gasteiger partial charge in [0.05, 0.1) is 13.2 Å².